The minimum atomic E-state index is -0.229. The van der Waals surface area contributed by atoms with E-state index < -0.39 is 0 Å². The van der Waals surface area contributed by atoms with Crippen LogP contribution in [0.3, 0.4) is 0 Å². The Labute approximate surface area is 188 Å². The monoisotopic (exact) mass is 476 g/mol. The summed E-state index contributed by atoms with van der Waals surface area (Å²) in [5.74, 6) is 1.49. The molecule has 2 aromatic carbocycles. The van der Waals surface area contributed by atoms with E-state index in [1.807, 2.05) is 48.5 Å². The summed E-state index contributed by atoms with van der Waals surface area (Å²) < 4.78 is 7.00. The van der Waals surface area contributed by atoms with Gasteiger partial charge in [0.05, 0.1) is 18.1 Å². The van der Waals surface area contributed by atoms with E-state index in [-0.39, 0.29) is 35.5 Å². The Kier molecular flexibility index (Phi) is 4.39. The quantitative estimate of drug-likeness (QED) is 0.364. The molecule has 7 rings (SSSR count). The number of ether oxygens (including phenoxy) is 1. The van der Waals surface area contributed by atoms with Crippen molar-refractivity contribution in [3.8, 4) is 5.75 Å². The van der Waals surface area contributed by atoms with Gasteiger partial charge < -0.3 is 4.74 Å². The van der Waals surface area contributed by atoms with Crippen molar-refractivity contribution in [1.82, 2.24) is 5.01 Å². The zero-order valence-corrected chi connectivity index (χ0v) is 18.3. The number of benzene rings is 2. The maximum absolute atomic E-state index is 13.1. The minimum absolute atomic E-state index is 0.149. The van der Waals surface area contributed by atoms with Gasteiger partial charge in [0.25, 0.3) is 11.8 Å². The largest absolute Gasteiger partial charge is 0.488 e. The van der Waals surface area contributed by atoms with E-state index in [0.29, 0.717) is 24.2 Å². The predicted octanol–water partition coefficient (Wildman–Crippen LogP) is 4.42. The van der Waals surface area contributed by atoms with Crippen molar-refractivity contribution < 1.29 is 14.3 Å². The molecule has 2 bridgehead atoms. The van der Waals surface area contributed by atoms with E-state index in [1.54, 1.807) is 6.21 Å². The van der Waals surface area contributed by atoms with Gasteiger partial charge in [-0.25, -0.2) is 0 Å². The number of hydrazone groups is 1. The van der Waals surface area contributed by atoms with Crippen molar-refractivity contribution in [2.24, 2.45) is 40.6 Å². The van der Waals surface area contributed by atoms with Crippen LogP contribution in [0, 0.1) is 35.5 Å². The summed E-state index contributed by atoms with van der Waals surface area (Å²) in [6.07, 6.45) is 7.07. The molecule has 156 valence electrons. The highest BCUT2D eigenvalue weighted by Gasteiger charge is 2.67. The Morgan fingerprint density at radius 2 is 1.61 bits per heavy atom. The number of nitrogens with zero attached hydrogens (tertiary/aromatic N) is 2. The first-order chi connectivity index (χ1) is 15.1. The number of carbonyl (C=O) groups excluding carboxylic acids is 2. The zero-order valence-electron chi connectivity index (χ0n) is 16.7. The first kappa shape index (κ1) is 19.0. The zero-order chi connectivity index (χ0) is 21.1. The second kappa shape index (κ2) is 7.16. The molecule has 1 saturated heterocycles. The number of para-hydroxylation sites is 1. The topological polar surface area (TPSA) is 59.0 Å². The number of imide groups is 1. The molecule has 0 unspecified atom stereocenters. The van der Waals surface area contributed by atoms with Gasteiger partial charge in [0.2, 0.25) is 0 Å². The fourth-order valence-electron chi connectivity index (χ4n) is 5.64. The molecular formula is C25H21BrN2O3. The first-order valence-corrected chi connectivity index (χ1v) is 11.5. The Balaban J connectivity index is 1.21. The lowest BCUT2D eigenvalue weighted by molar-refractivity contribution is -0.140. The predicted molar refractivity (Wildman–Crippen MR) is 119 cm³/mol. The molecule has 2 amide bonds. The fraction of sp³-hybridized carbons (Fsp3) is 0.320. The molecule has 0 N–H and O–H groups in total. The molecule has 31 heavy (non-hydrogen) atoms. The van der Waals surface area contributed by atoms with Gasteiger partial charge in [-0.15, -0.1) is 0 Å². The summed E-state index contributed by atoms with van der Waals surface area (Å²) in [4.78, 5) is 26.1. The summed E-state index contributed by atoms with van der Waals surface area (Å²) >= 11 is 3.43. The van der Waals surface area contributed by atoms with Crippen molar-refractivity contribution in [2.45, 2.75) is 13.0 Å². The van der Waals surface area contributed by atoms with E-state index in [1.165, 1.54) is 0 Å². The molecule has 0 spiro atoms. The SMILES string of the molecule is O=C1[C@@H]2[C@@H]3C=C[C@H]([C@H]4C[C@H]34)[C@@H]2C(=O)N1/N=C\c1ccccc1OCc1ccc(Br)cc1. The van der Waals surface area contributed by atoms with E-state index in [9.17, 15) is 9.59 Å². The number of hydrogen-bond acceptors (Lipinski definition) is 4. The number of allylic oxidation sites excluding steroid dienone is 2. The number of halogens is 1. The number of hydrogen-bond donors (Lipinski definition) is 0. The van der Waals surface area contributed by atoms with E-state index in [0.717, 1.165) is 27.0 Å². The van der Waals surface area contributed by atoms with Crippen LogP contribution in [0.2, 0.25) is 0 Å². The standard InChI is InChI=1S/C25H21BrN2O3/c26-16-7-5-14(6-8-16)13-31-21-4-2-1-3-15(21)12-27-28-24(29)22-17-9-10-18(20-11-19(17)20)23(22)25(28)30/h1-10,12,17-20,22-23H,11,13H2/b27-12-/t17-,18-,19-,20-,22-,23+/m1/s1. The van der Waals surface area contributed by atoms with Crippen LogP contribution < -0.4 is 4.74 Å². The fourth-order valence-corrected chi connectivity index (χ4v) is 5.90. The van der Waals surface area contributed by atoms with Crippen LogP contribution in [-0.2, 0) is 16.2 Å². The Morgan fingerprint density at radius 3 is 2.29 bits per heavy atom. The molecule has 2 aromatic rings. The molecule has 0 radical (unpaired) electrons. The van der Waals surface area contributed by atoms with Crippen LogP contribution in [0.1, 0.15) is 17.5 Å². The van der Waals surface area contributed by atoms with Crippen LogP contribution in [-0.4, -0.2) is 23.0 Å². The van der Waals surface area contributed by atoms with Gasteiger partial charge in [-0.1, -0.05) is 52.3 Å². The molecule has 5 nitrogen and oxygen atoms in total. The molecule has 5 aliphatic rings. The highest BCUT2D eigenvalue weighted by Crippen LogP contribution is 2.65. The third kappa shape index (κ3) is 3.07. The molecule has 0 aromatic heterocycles. The van der Waals surface area contributed by atoms with Crippen LogP contribution in [0.15, 0.2) is 70.3 Å². The van der Waals surface area contributed by atoms with Gasteiger partial charge in [-0.3, -0.25) is 9.59 Å². The highest BCUT2D eigenvalue weighted by atomic mass is 79.9. The second-order valence-corrected chi connectivity index (χ2v) is 9.76. The number of carbonyl (C=O) groups is 2. The van der Waals surface area contributed by atoms with E-state index >= 15 is 0 Å². The van der Waals surface area contributed by atoms with Gasteiger partial charge in [-0.05, 0) is 59.9 Å². The van der Waals surface area contributed by atoms with Gasteiger partial charge in [0.15, 0.2) is 0 Å². The van der Waals surface area contributed by atoms with Gasteiger partial charge >= 0.3 is 0 Å². The highest BCUT2D eigenvalue weighted by molar-refractivity contribution is 9.10. The molecule has 4 aliphatic carbocycles. The molecule has 1 heterocycles. The third-order valence-corrected chi connectivity index (χ3v) is 7.71. The lowest BCUT2D eigenvalue weighted by Crippen LogP contribution is -2.40. The molecule has 6 heteroatoms. The summed E-state index contributed by atoms with van der Waals surface area (Å²) in [6, 6.07) is 15.5. The molecule has 1 aliphatic heterocycles. The van der Waals surface area contributed by atoms with Crippen molar-refractivity contribution in [3.63, 3.8) is 0 Å². The lowest BCUT2D eigenvalue weighted by Gasteiger charge is -2.37. The Morgan fingerprint density at radius 1 is 0.968 bits per heavy atom. The van der Waals surface area contributed by atoms with Crippen LogP contribution >= 0.6 is 15.9 Å². The van der Waals surface area contributed by atoms with Crippen LogP contribution in [0.4, 0.5) is 0 Å². The number of amides is 2. The molecule has 6 atom stereocenters. The summed E-state index contributed by atoms with van der Waals surface area (Å²) in [5, 5.41) is 5.45. The van der Waals surface area contributed by atoms with E-state index in [2.05, 4.69) is 33.2 Å². The van der Waals surface area contributed by atoms with Gasteiger partial charge in [0, 0.05) is 10.0 Å². The Hall–Kier alpha value is -2.73. The average molecular weight is 477 g/mol. The molecule has 2 saturated carbocycles. The lowest BCUT2D eigenvalue weighted by atomic mass is 9.63. The summed E-state index contributed by atoms with van der Waals surface area (Å²) in [6.45, 7) is 0.418. The minimum Gasteiger partial charge on any atom is -0.488 e. The van der Waals surface area contributed by atoms with Crippen molar-refractivity contribution in [1.29, 1.82) is 0 Å². The maximum Gasteiger partial charge on any atom is 0.254 e. The van der Waals surface area contributed by atoms with Gasteiger partial charge in [0.1, 0.15) is 12.4 Å². The number of rotatable bonds is 5. The summed E-state index contributed by atoms with van der Waals surface area (Å²) in [7, 11) is 0. The summed E-state index contributed by atoms with van der Waals surface area (Å²) in [5.41, 5.74) is 1.78. The van der Waals surface area contributed by atoms with Crippen molar-refractivity contribution in [2.75, 3.05) is 0 Å². The van der Waals surface area contributed by atoms with Crippen LogP contribution in [0.25, 0.3) is 0 Å². The van der Waals surface area contributed by atoms with Crippen molar-refractivity contribution >= 4 is 34.0 Å². The van der Waals surface area contributed by atoms with Gasteiger partial charge in [-0.2, -0.15) is 10.1 Å². The molecule has 3 fully saturated rings. The molecular weight excluding hydrogens is 456 g/mol. The third-order valence-electron chi connectivity index (χ3n) is 7.18. The maximum atomic E-state index is 13.1. The first-order valence-electron chi connectivity index (χ1n) is 10.7. The smallest absolute Gasteiger partial charge is 0.254 e. The Bertz CT molecular complexity index is 1090. The van der Waals surface area contributed by atoms with Crippen molar-refractivity contribution in [3.05, 3.63) is 76.3 Å². The van der Waals surface area contributed by atoms with Crippen LogP contribution in [0.5, 0.6) is 5.75 Å². The normalized spacial score (nSPS) is 32.5. The average Bonchev–Trinajstić information content (AvgIpc) is 3.57. The van der Waals surface area contributed by atoms with E-state index in [4.69, 9.17) is 4.74 Å². The second-order valence-electron chi connectivity index (χ2n) is 8.84.